The molecule has 0 aliphatic carbocycles. The van der Waals surface area contributed by atoms with Crippen molar-refractivity contribution >= 4 is 5.97 Å². The summed E-state index contributed by atoms with van der Waals surface area (Å²) in [6, 6.07) is 1.32. The monoisotopic (exact) mass is 180 g/mol. The molecule has 0 saturated carbocycles. The van der Waals surface area contributed by atoms with Gasteiger partial charge in [-0.15, -0.1) is 0 Å². The van der Waals surface area contributed by atoms with Gasteiger partial charge in [0.2, 0.25) is 0 Å². The topological polar surface area (TPSA) is 66.8 Å². The summed E-state index contributed by atoms with van der Waals surface area (Å²) in [5.41, 5.74) is 1.08. The van der Waals surface area contributed by atoms with Crippen LogP contribution in [-0.2, 0) is 11.3 Å². The molecule has 1 aromatic carbocycles. The molecule has 0 bridgehead atoms. The van der Waals surface area contributed by atoms with Crippen LogP contribution in [-0.4, -0.2) is 16.2 Å². The van der Waals surface area contributed by atoms with E-state index in [1.165, 1.54) is 6.07 Å². The number of esters is 1. The van der Waals surface area contributed by atoms with Crippen molar-refractivity contribution in [3.8, 4) is 11.5 Å². The number of hydrogen-bond donors (Lipinski definition) is 2. The average molecular weight is 180 g/mol. The van der Waals surface area contributed by atoms with Crippen LogP contribution in [0, 0.1) is 6.92 Å². The molecule has 0 radical (unpaired) electrons. The van der Waals surface area contributed by atoms with E-state index in [0.29, 0.717) is 11.1 Å². The van der Waals surface area contributed by atoms with E-state index in [0.717, 1.165) is 0 Å². The predicted octanol–water partition coefficient (Wildman–Crippen LogP) is 1.08. The van der Waals surface area contributed by atoms with E-state index in [9.17, 15) is 15.0 Å². The minimum Gasteiger partial charge on any atom is -0.508 e. The van der Waals surface area contributed by atoms with Gasteiger partial charge in [0.15, 0.2) is 0 Å². The Hall–Kier alpha value is -1.71. The van der Waals surface area contributed by atoms with Crippen molar-refractivity contribution in [2.24, 2.45) is 0 Å². The maximum atomic E-state index is 11.0. The number of ether oxygens (including phenoxy) is 1. The molecule has 1 heterocycles. The Bertz CT molecular complexity index is 395. The lowest BCUT2D eigenvalue weighted by Crippen LogP contribution is -1.93. The van der Waals surface area contributed by atoms with Gasteiger partial charge >= 0.3 is 5.97 Å². The molecule has 1 aromatic rings. The molecule has 0 spiro atoms. The molecule has 1 aliphatic rings. The Morgan fingerprint density at radius 1 is 1.46 bits per heavy atom. The third-order valence-corrected chi connectivity index (χ3v) is 2.20. The van der Waals surface area contributed by atoms with Crippen molar-refractivity contribution in [1.82, 2.24) is 0 Å². The van der Waals surface area contributed by atoms with Gasteiger partial charge in [-0.25, -0.2) is 4.79 Å². The van der Waals surface area contributed by atoms with Crippen molar-refractivity contribution in [3.63, 3.8) is 0 Å². The van der Waals surface area contributed by atoms with Crippen LogP contribution in [0.15, 0.2) is 6.07 Å². The zero-order valence-corrected chi connectivity index (χ0v) is 7.00. The minimum atomic E-state index is -0.499. The Balaban J connectivity index is 2.74. The SMILES string of the molecule is Cc1c(O)cc2c(c1O)COC2=O. The molecule has 0 saturated heterocycles. The van der Waals surface area contributed by atoms with Gasteiger partial charge in [0, 0.05) is 11.1 Å². The number of benzene rings is 1. The number of rotatable bonds is 0. The largest absolute Gasteiger partial charge is 0.508 e. The van der Waals surface area contributed by atoms with Gasteiger partial charge in [-0.3, -0.25) is 0 Å². The minimum absolute atomic E-state index is 0.0548. The fraction of sp³-hybridized carbons (Fsp3) is 0.222. The normalized spacial score (nSPS) is 14.1. The standard InChI is InChI=1S/C9H8O4/c1-4-7(10)2-5-6(8(4)11)3-13-9(5)12/h2,10-11H,3H2,1H3. The molecule has 0 atom stereocenters. The highest BCUT2D eigenvalue weighted by Gasteiger charge is 2.26. The Morgan fingerprint density at radius 2 is 2.15 bits per heavy atom. The van der Waals surface area contributed by atoms with Crippen LogP contribution in [0.2, 0.25) is 0 Å². The van der Waals surface area contributed by atoms with Gasteiger partial charge in [-0.05, 0) is 13.0 Å². The van der Waals surface area contributed by atoms with Gasteiger partial charge in [0.05, 0.1) is 5.56 Å². The summed E-state index contributed by atoms with van der Waals surface area (Å²) in [6.45, 7) is 1.66. The van der Waals surface area contributed by atoms with Gasteiger partial charge in [0.1, 0.15) is 18.1 Å². The molecular formula is C9H8O4. The fourth-order valence-corrected chi connectivity index (χ4v) is 1.35. The number of phenolic OH excluding ortho intramolecular Hbond substituents is 2. The number of aromatic hydroxyl groups is 2. The van der Waals surface area contributed by atoms with Crippen molar-refractivity contribution in [2.45, 2.75) is 13.5 Å². The van der Waals surface area contributed by atoms with E-state index in [2.05, 4.69) is 0 Å². The first-order valence-electron chi connectivity index (χ1n) is 3.83. The van der Waals surface area contributed by atoms with Crippen molar-refractivity contribution < 1.29 is 19.7 Å². The highest BCUT2D eigenvalue weighted by molar-refractivity contribution is 5.95. The average Bonchev–Trinajstić information content (AvgIpc) is 2.45. The van der Waals surface area contributed by atoms with Gasteiger partial charge in [-0.2, -0.15) is 0 Å². The summed E-state index contributed by atoms with van der Waals surface area (Å²) < 4.78 is 4.70. The lowest BCUT2D eigenvalue weighted by Gasteiger charge is -2.04. The second-order valence-electron chi connectivity index (χ2n) is 2.97. The van der Waals surface area contributed by atoms with E-state index >= 15 is 0 Å². The third-order valence-electron chi connectivity index (χ3n) is 2.20. The second kappa shape index (κ2) is 2.39. The molecule has 68 valence electrons. The first-order valence-corrected chi connectivity index (χ1v) is 3.83. The number of phenols is 2. The highest BCUT2D eigenvalue weighted by Crippen LogP contribution is 2.36. The number of cyclic esters (lactones) is 1. The summed E-state index contributed by atoms with van der Waals surface area (Å²) in [4.78, 5) is 11.0. The summed E-state index contributed by atoms with van der Waals surface area (Å²) in [6.07, 6.45) is 0. The van der Waals surface area contributed by atoms with Crippen LogP contribution in [0.4, 0.5) is 0 Å². The third kappa shape index (κ3) is 0.950. The highest BCUT2D eigenvalue weighted by atomic mass is 16.5. The molecule has 1 aliphatic heterocycles. The van der Waals surface area contributed by atoms with Crippen LogP contribution in [0.3, 0.4) is 0 Å². The molecule has 2 N–H and O–H groups in total. The van der Waals surface area contributed by atoms with E-state index in [4.69, 9.17) is 4.74 Å². The van der Waals surface area contributed by atoms with E-state index in [1.807, 2.05) is 0 Å². The van der Waals surface area contributed by atoms with Crippen molar-refractivity contribution in [2.75, 3.05) is 0 Å². The molecule has 4 heteroatoms. The molecule has 0 amide bonds. The smallest absolute Gasteiger partial charge is 0.339 e. The summed E-state index contributed by atoms with van der Waals surface area (Å²) in [5.74, 6) is -0.642. The molecular weight excluding hydrogens is 172 g/mol. The molecule has 4 nitrogen and oxygen atoms in total. The van der Waals surface area contributed by atoms with Crippen molar-refractivity contribution in [1.29, 1.82) is 0 Å². The quantitative estimate of drug-likeness (QED) is 0.586. The maximum Gasteiger partial charge on any atom is 0.339 e. The Labute approximate surface area is 74.4 Å². The first-order chi connectivity index (χ1) is 6.11. The Morgan fingerprint density at radius 3 is 2.85 bits per heavy atom. The number of hydrogen-bond acceptors (Lipinski definition) is 4. The van der Waals surface area contributed by atoms with Crippen LogP contribution in [0.5, 0.6) is 11.5 Å². The molecule has 13 heavy (non-hydrogen) atoms. The van der Waals surface area contributed by atoms with Gasteiger partial charge in [0.25, 0.3) is 0 Å². The molecule has 0 unspecified atom stereocenters. The van der Waals surface area contributed by atoms with Crippen LogP contribution < -0.4 is 0 Å². The molecule has 0 fully saturated rings. The lowest BCUT2D eigenvalue weighted by atomic mass is 10.0. The number of fused-ring (bicyclic) bond motifs is 1. The summed E-state index contributed by atoms with van der Waals surface area (Å²) >= 11 is 0. The zero-order chi connectivity index (χ0) is 9.59. The van der Waals surface area contributed by atoms with Crippen LogP contribution in [0.1, 0.15) is 21.5 Å². The maximum absolute atomic E-state index is 11.0. The second-order valence-corrected chi connectivity index (χ2v) is 2.97. The van der Waals surface area contributed by atoms with E-state index < -0.39 is 5.97 Å². The van der Waals surface area contributed by atoms with E-state index in [1.54, 1.807) is 6.92 Å². The number of carbonyl (C=O) groups excluding carboxylic acids is 1. The van der Waals surface area contributed by atoms with Gasteiger partial charge in [-0.1, -0.05) is 0 Å². The van der Waals surface area contributed by atoms with Crippen molar-refractivity contribution in [3.05, 3.63) is 22.8 Å². The Kier molecular flexibility index (Phi) is 1.45. The van der Waals surface area contributed by atoms with Gasteiger partial charge < -0.3 is 14.9 Å². The van der Waals surface area contributed by atoms with Crippen LogP contribution in [0.25, 0.3) is 0 Å². The molecule has 0 aromatic heterocycles. The van der Waals surface area contributed by atoms with Crippen LogP contribution >= 0.6 is 0 Å². The van der Waals surface area contributed by atoms with E-state index in [-0.39, 0.29) is 23.7 Å². The summed E-state index contributed by atoms with van der Waals surface area (Å²) in [7, 11) is 0. The number of carbonyl (C=O) groups is 1. The fourth-order valence-electron chi connectivity index (χ4n) is 1.35. The lowest BCUT2D eigenvalue weighted by molar-refractivity contribution is 0.0534. The predicted molar refractivity (Wildman–Crippen MR) is 43.6 cm³/mol. The first kappa shape index (κ1) is 7.91. The zero-order valence-electron chi connectivity index (χ0n) is 7.00. The summed E-state index contributed by atoms with van der Waals surface area (Å²) in [5, 5.41) is 18.8. The molecule has 2 rings (SSSR count).